The van der Waals surface area contributed by atoms with Crippen molar-refractivity contribution >= 4 is 23.3 Å². The van der Waals surface area contributed by atoms with E-state index in [4.69, 9.17) is 14.7 Å². The fourth-order valence-corrected chi connectivity index (χ4v) is 2.68. The maximum absolute atomic E-state index is 12.6. The molecule has 1 aliphatic heterocycles. The second-order valence-electron chi connectivity index (χ2n) is 5.60. The summed E-state index contributed by atoms with van der Waals surface area (Å²) in [6.45, 7) is 0. The highest BCUT2D eigenvalue weighted by atomic mass is 16.7. The van der Waals surface area contributed by atoms with Gasteiger partial charge >= 0.3 is 11.9 Å². The third kappa shape index (κ3) is 2.73. The first kappa shape index (κ1) is 15.7. The van der Waals surface area contributed by atoms with Crippen LogP contribution in [-0.4, -0.2) is 17.0 Å². The minimum Gasteiger partial charge on any atom is -0.478 e. The Morgan fingerprint density at radius 1 is 0.808 bits per heavy atom. The molecular formula is C20H13NO5. The second-order valence-corrected chi connectivity index (χ2v) is 5.60. The van der Waals surface area contributed by atoms with E-state index in [0.717, 1.165) is 0 Å². The third-order valence-electron chi connectivity index (χ3n) is 3.91. The summed E-state index contributed by atoms with van der Waals surface area (Å²) >= 11 is 0. The maximum atomic E-state index is 12.6. The molecule has 3 aromatic rings. The molecule has 0 spiro atoms. The van der Waals surface area contributed by atoms with Crippen molar-refractivity contribution in [3.63, 3.8) is 0 Å². The average Bonchev–Trinajstić information content (AvgIpc) is 2.67. The van der Waals surface area contributed by atoms with Gasteiger partial charge in [0, 0.05) is 0 Å². The Labute approximate surface area is 148 Å². The fourth-order valence-electron chi connectivity index (χ4n) is 2.68. The molecule has 0 radical (unpaired) electrons. The molecule has 0 unspecified atom stereocenters. The summed E-state index contributed by atoms with van der Waals surface area (Å²) in [4.78, 5) is 29.3. The van der Waals surface area contributed by atoms with Gasteiger partial charge in [-0.05, 0) is 42.5 Å². The smallest absolute Gasteiger partial charge is 0.363 e. The van der Waals surface area contributed by atoms with Crippen LogP contribution in [0, 0.1) is 0 Å². The molecule has 0 fully saturated rings. The average molecular weight is 347 g/mol. The standard InChI is InChI=1S/C20H13NO5/c22-19(23)13-6-5-7-14(12-13)20(24)26-21-15-8-1-3-10-17(15)25-18-11-4-2-9-16(18)21/h1-12H,(H,22,23). The Morgan fingerprint density at radius 3 is 2.00 bits per heavy atom. The van der Waals surface area contributed by atoms with Gasteiger partial charge in [0.2, 0.25) is 0 Å². The Bertz CT molecular complexity index is 969. The van der Waals surface area contributed by atoms with Gasteiger partial charge in [0.15, 0.2) is 11.5 Å². The highest BCUT2D eigenvalue weighted by molar-refractivity contribution is 5.95. The summed E-state index contributed by atoms with van der Waals surface area (Å²) in [5.74, 6) is -0.669. The van der Waals surface area contributed by atoms with Crippen molar-refractivity contribution in [2.24, 2.45) is 0 Å². The molecule has 0 aliphatic carbocycles. The lowest BCUT2D eigenvalue weighted by Crippen LogP contribution is -2.25. The van der Waals surface area contributed by atoms with E-state index in [1.54, 1.807) is 24.3 Å². The Balaban J connectivity index is 1.71. The van der Waals surface area contributed by atoms with E-state index in [-0.39, 0.29) is 11.1 Å². The summed E-state index contributed by atoms with van der Waals surface area (Å²) in [5, 5.41) is 10.5. The molecule has 6 nitrogen and oxygen atoms in total. The van der Waals surface area contributed by atoms with Gasteiger partial charge in [0.1, 0.15) is 11.4 Å². The van der Waals surface area contributed by atoms with Crippen LogP contribution in [-0.2, 0) is 4.84 Å². The zero-order valence-electron chi connectivity index (χ0n) is 13.5. The monoisotopic (exact) mass is 347 g/mol. The van der Waals surface area contributed by atoms with Crippen LogP contribution in [0.2, 0.25) is 0 Å². The number of ether oxygens (including phenoxy) is 1. The number of anilines is 2. The van der Waals surface area contributed by atoms with Gasteiger partial charge in [-0.1, -0.05) is 30.3 Å². The highest BCUT2D eigenvalue weighted by Crippen LogP contribution is 2.46. The lowest BCUT2D eigenvalue weighted by atomic mass is 10.1. The Hall–Kier alpha value is -3.80. The molecule has 0 saturated heterocycles. The normalized spacial score (nSPS) is 11.8. The van der Waals surface area contributed by atoms with Crippen molar-refractivity contribution in [1.29, 1.82) is 0 Å². The molecule has 128 valence electrons. The summed E-state index contributed by atoms with van der Waals surface area (Å²) < 4.78 is 5.83. The molecule has 3 aromatic carbocycles. The number of carboxylic acids is 1. The van der Waals surface area contributed by atoms with Gasteiger partial charge in [-0.2, -0.15) is 5.06 Å². The zero-order valence-corrected chi connectivity index (χ0v) is 13.5. The lowest BCUT2D eigenvalue weighted by Gasteiger charge is -2.30. The summed E-state index contributed by atoms with van der Waals surface area (Å²) in [6.07, 6.45) is 0. The van der Waals surface area contributed by atoms with Crippen LogP contribution in [0.5, 0.6) is 11.5 Å². The van der Waals surface area contributed by atoms with Gasteiger partial charge < -0.3 is 14.7 Å². The molecule has 1 heterocycles. The van der Waals surface area contributed by atoms with E-state index in [9.17, 15) is 9.59 Å². The molecule has 26 heavy (non-hydrogen) atoms. The largest absolute Gasteiger partial charge is 0.478 e. The highest BCUT2D eigenvalue weighted by Gasteiger charge is 2.27. The minimum atomic E-state index is -1.11. The van der Waals surface area contributed by atoms with Crippen molar-refractivity contribution in [1.82, 2.24) is 0 Å². The lowest BCUT2D eigenvalue weighted by molar-refractivity contribution is 0.0498. The Morgan fingerprint density at radius 2 is 1.38 bits per heavy atom. The van der Waals surface area contributed by atoms with Gasteiger partial charge in [0.05, 0.1) is 11.1 Å². The van der Waals surface area contributed by atoms with Crippen LogP contribution in [0.1, 0.15) is 20.7 Å². The quantitative estimate of drug-likeness (QED) is 0.757. The molecule has 1 aliphatic rings. The SMILES string of the molecule is O=C(O)c1cccc(C(=O)ON2c3ccccc3Oc3ccccc32)c1. The number of hydrogen-bond donors (Lipinski definition) is 1. The summed E-state index contributed by atoms with van der Waals surface area (Å²) in [5.41, 5.74) is 1.32. The van der Waals surface area contributed by atoms with E-state index < -0.39 is 11.9 Å². The molecule has 0 amide bonds. The van der Waals surface area contributed by atoms with Crippen LogP contribution in [0.4, 0.5) is 11.4 Å². The van der Waals surface area contributed by atoms with Crippen LogP contribution < -0.4 is 9.80 Å². The van der Waals surface area contributed by atoms with Crippen LogP contribution in [0.25, 0.3) is 0 Å². The number of nitrogens with zero attached hydrogens (tertiary/aromatic N) is 1. The minimum absolute atomic E-state index is 0.0160. The van der Waals surface area contributed by atoms with E-state index in [2.05, 4.69) is 0 Å². The number of benzene rings is 3. The number of aromatic carboxylic acids is 1. The predicted octanol–water partition coefficient (Wildman–Crippen LogP) is 4.40. The molecular weight excluding hydrogens is 334 g/mol. The molecule has 0 saturated carbocycles. The maximum Gasteiger partial charge on any atom is 0.363 e. The number of hydrogen-bond acceptors (Lipinski definition) is 5. The molecule has 1 N–H and O–H groups in total. The topological polar surface area (TPSA) is 76.1 Å². The van der Waals surface area contributed by atoms with Crippen molar-refractivity contribution in [2.45, 2.75) is 0 Å². The summed E-state index contributed by atoms with van der Waals surface area (Å²) in [7, 11) is 0. The number of para-hydroxylation sites is 4. The van der Waals surface area contributed by atoms with Crippen molar-refractivity contribution in [2.75, 3.05) is 5.06 Å². The molecule has 4 rings (SSSR count). The van der Waals surface area contributed by atoms with E-state index >= 15 is 0 Å². The number of fused-ring (bicyclic) bond motifs is 2. The first-order chi connectivity index (χ1) is 12.6. The van der Waals surface area contributed by atoms with Gasteiger partial charge in [-0.3, -0.25) is 0 Å². The fraction of sp³-hybridized carbons (Fsp3) is 0. The molecule has 6 heteroatoms. The van der Waals surface area contributed by atoms with Gasteiger partial charge in [-0.25, -0.2) is 9.59 Å². The van der Waals surface area contributed by atoms with E-state index in [1.807, 2.05) is 24.3 Å². The zero-order chi connectivity index (χ0) is 18.1. The number of rotatable bonds is 3. The summed E-state index contributed by atoms with van der Waals surface area (Å²) in [6, 6.07) is 20.1. The number of carbonyl (C=O) groups excluding carboxylic acids is 1. The van der Waals surface area contributed by atoms with Crippen molar-refractivity contribution in [3.05, 3.63) is 83.9 Å². The number of carboxylic acid groups (broad SMARTS) is 1. The van der Waals surface area contributed by atoms with Crippen LogP contribution in [0.3, 0.4) is 0 Å². The molecule has 0 bridgehead atoms. The Kier molecular flexibility index (Phi) is 3.78. The van der Waals surface area contributed by atoms with Gasteiger partial charge in [-0.15, -0.1) is 0 Å². The van der Waals surface area contributed by atoms with Crippen molar-refractivity contribution < 1.29 is 24.3 Å². The molecule has 0 aromatic heterocycles. The van der Waals surface area contributed by atoms with Gasteiger partial charge in [0.25, 0.3) is 0 Å². The third-order valence-corrected chi connectivity index (χ3v) is 3.91. The van der Waals surface area contributed by atoms with Crippen LogP contribution in [0.15, 0.2) is 72.8 Å². The number of carbonyl (C=O) groups is 2. The van der Waals surface area contributed by atoms with E-state index in [0.29, 0.717) is 22.9 Å². The van der Waals surface area contributed by atoms with E-state index in [1.165, 1.54) is 29.3 Å². The van der Waals surface area contributed by atoms with Crippen molar-refractivity contribution in [3.8, 4) is 11.5 Å². The first-order valence-corrected chi connectivity index (χ1v) is 7.85. The van der Waals surface area contributed by atoms with Crippen LogP contribution >= 0.6 is 0 Å². The second kappa shape index (κ2) is 6.25. The molecule has 0 atom stereocenters. The predicted molar refractivity (Wildman–Crippen MR) is 93.9 cm³/mol. The first-order valence-electron chi connectivity index (χ1n) is 7.85.